The molecule has 1 aromatic carbocycles. The molecular formula is C14H18N2O5. The van der Waals surface area contributed by atoms with Gasteiger partial charge in [-0.05, 0) is 12.1 Å². The molecule has 1 amide bonds. The fourth-order valence-electron chi connectivity index (χ4n) is 2.02. The standard InChI is InChI=1S/C14H18N2O5/c1-20-9(6-13(17)18)7-16-14(19)12-8-15-10-4-2-3-5-11(10)21-12/h2-5,9,12,15H,6-8H2,1H3,(H,16,19)(H,17,18). The lowest BCUT2D eigenvalue weighted by Gasteiger charge is -2.27. The molecule has 0 saturated heterocycles. The van der Waals surface area contributed by atoms with Crippen LogP contribution < -0.4 is 15.4 Å². The third-order valence-electron chi connectivity index (χ3n) is 3.17. The van der Waals surface area contributed by atoms with Crippen molar-refractivity contribution in [3.8, 4) is 5.75 Å². The van der Waals surface area contributed by atoms with Crippen molar-refractivity contribution in [2.24, 2.45) is 0 Å². The van der Waals surface area contributed by atoms with Gasteiger partial charge in [-0.1, -0.05) is 12.1 Å². The second kappa shape index (κ2) is 6.94. The molecule has 3 N–H and O–H groups in total. The number of methoxy groups -OCH3 is 1. The van der Waals surface area contributed by atoms with E-state index in [4.69, 9.17) is 14.6 Å². The highest BCUT2D eigenvalue weighted by atomic mass is 16.5. The van der Waals surface area contributed by atoms with Crippen LogP contribution in [0.2, 0.25) is 0 Å². The minimum absolute atomic E-state index is 0.128. The number of carbonyl (C=O) groups is 2. The molecule has 2 atom stereocenters. The molecule has 0 aliphatic carbocycles. The molecule has 21 heavy (non-hydrogen) atoms. The maximum atomic E-state index is 12.0. The summed E-state index contributed by atoms with van der Waals surface area (Å²) in [5.41, 5.74) is 0.849. The highest BCUT2D eigenvalue weighted by molar-refractivity contribution is 5.83. The second-order valence-corrected chi connectivity index (χ2v) is 4.68. The van der Waals surface area contributed by atoms with Crippen LogP contribution >= 0.6 is 0 Å². The first-order valence-electron chi connectivity index (χ1n) is 6.62. The lowest BCUT2D eigenvalue weighted by atomic mass is 10.2. The van der Waals surface area contributed by atoms with Gasteiger partial charge in [0.1, 0.15) is 5.75 Å². The summed E-state index contributed by atoms with van der Waals surface area (Å²) in [6.07, 6.45) is -1.37. The maximum absolute atomic E-state index is 12.0. The normalized spacial score (nSPS) is 17.9. The summed E-state index contributed by atoms with van der Waals surface area (Å²) in [5.74, 6) is -0.650. The van der Waals surface area contributed by atoms with Gasteiger partial charge < -0.3 is 25.2 Å². The largest absolute Gasteiger partial charge is 0.481 e. The van der Waals surface area contributed by atoms with E-state index in [9.17, 15) is 9.59 Å². The Labute approximate surface area is 122 Å². The van der Waals surface area contributed by atoms with Gasteiger partial charge in [0.2, 0.25) is 0 Å². The van der Waals surface area contributed by atoms with E-state index in [2.05, 4.69) is 10.6 Å². The third-order valence-corrected chi connectivity index (χ3v) is 3.17. The van der Waals surface area contributed by atoms with Crippen LogP contribution in [0.4, 0.5) is 5.69 Å². The number of benzene rings is 1. The predicted molar refractivity (Wildman–Crippen MR) is 75.4 cm³/mol. The molecule has 1 heterocycles. The third kappa shape index (κ3) is 4.09. The van der Waals surface area contributed by atoms with Crippen LogP contribution in [0.3, 0.4) is 0 Å². The van der Waals surface area contributed by atoms with Crippen molar-refractivity contribution in [2.45, 2.75) is 18.6 Å². The fraction of sp³-hybridized carbons (Fsp3) is 0.429. The fourth-order valence-corrected chi connectivity index (χ4v) is 2.02. The van der Waals surface area contributed by atoms with Gasteiger partial charge in [-0.2, -0.15) is 0 Å². The molecule has 0 radical (unpaired) electrons. The lowest BCUT2D eigenvalue weighted by Crippen LogP contribution is -2.47. The number of amides is 1. The molecule has 1 aliphatic heterocycles. The Morgan fingerprint density at radius 3 is 3.00 bits per heavy atom. The molecule has 114 valence electrons. The summed E-state index contributed by atoms with van der Waals surface area (Å²) in [4.78, 5) is 22.7. The Bertz CT molecular complexity index is 520. The zero-order chi connectivity index (χ0) is 15.2. The van der Waals surface area contributed by atoms with E-state index < -0.39 is 18.2 Å². The smallest absolute Gasteiger partial charge is 0.306 e. The number of nitrogens with one attached hydrogen (secondary N) is 2. The number of carboxylic acid groups (broad SMARTS) is 1. The van der Waals surface area contributed by atoms with Crippen LogP contribution in [0.15, 0.2) is 24.3 Å². The van der Waals surface area contributed by atoms with Crippen LogP contribution in [-0.2, 0) is 14.3 Å². The molecule has 7 nitrogen and oxygen atoms in total. The number of aliphatic carboxylic acids is 1. The van der Waals surface area contributed by atoms with Crippen LogP contribution in [-0.4, -0.2) is 49.4 Å². The molecule has 0 saturated carbocycles. The Kier molecular flexibility index (Phi) is 4.99. The van der Waals surface area contributed by atoms with Crippen LogP contribution in [0.25, 0.3) is 0 Å². The quantitative estimate of drug-likeness (QED) is 0.705. The maximum Gasteiger partial charge on any atom is 0.306 e. The zero-order valence-corrected chi connectivity index (χ0v) is 11.7. The topological polar surface area (TPSA) is 96.9 Å². The minimum Gasteiger partial charge on any atom is -0.481 e. The van der Waals surface area contributed by atoms with Crippen LogP contribution in [0, 0.1) is 0 Å². The molecule has 1 aromatic rings. The number of fused-ring (bicyclic) bond motifs is 1. The molecular weight excluding hydrogens is 276 g/mol. The Hall–Kier alpha value is -2.28. The number of carboxylic acids is 1. The van der Waals surface area contributed by atoms with E-state index >= 15 is 0 Å². The van der Waals surface area contributed by atoms with Crippen molar-refractivity contribution in [3.05, 3.63) is 24.3 Å². The van der Waals surface area contributed by atoms with Gasteiger partial charge in [-0.25, -0.2) is 0 Å². The SMILES string of the molecule is COC(CNC(=O)C1CNc2ccccc2O1)CC(=O)O. The molecule has 7 heteroatoms. The van der Waals surface area contributed by atoms with Crippen molar-refractivity contribution in [2.75, 3.05) is 25.5 Å². The average Bonchev–Trinajstić information content (AvgIpc) is 2.50. The van der Waals surface area contributed by atoms with E-state index in [-0.39, 0.29) is 18.9 Å². The molecule has 0 spiro atoms. The lowest BCUT2D eigenvalue weighted by molar-refractivity contribution is -0.140. The van der Waals surface area contributed by atoms with Gasteiger partial charge in [0.15, 0.2) is 6.10 Å². The Balaban J connectivity index is 1.86. The Morgan fingerprint density at radius 1 is 1.52 bits per heavy atom. The van der Waals surface area contributed by atoms with Gasteiger partial charge in [-0.3, -0.25) is 9.59 Å². The van der Waals surface area contributed by atoms with Crippen LogP contribution in [0.5, 0.6) is 5.75 Å². The molecule has 1 aliphatic rings. The number of carbonyl (C=O) groups excluding carboxylic acids is 1. The molecule has 0 fully saturated rings. The number of ether oxygens (including phenoxy) is 2. The van der Waals surface area contributed by atoms with E-state index in [0.29, 0.717) is 12.3 Å². The molecule has 2 rings (SSSR count). The summed E-state index contributed by atoms with van der Waals surface area (Å²) in [6.45, 7) is 0.489. The second-order valence-electron chi connectivity index (χ2n) is 4.68. The summed E-state index contributed by atoms with van der Waals surface area (Å²) in [6, 6.07) is 7.36. The summed E-state index contributed by atoms with van der Waals surface area (Å²) < 4.78 is 10.6. The highest BCUT2D eigenvalue weighted by Gasteiger charge is 2.26. The first-order valence-corrected chi connectivity index (χ1v) is 6.62. The summed E-state index contributed by atoms with van der Waals surface area (Å²) >= 11 is 0. The van der Waals surface area contributed by atoms with Gasteiger partial charge >= 0.3 is 5.97 Å². The van der Waals surface area contributed by atoms with E-state index in [1.54, 1.807) is 6.07 Å². The number of hydrogen-bond donors (Lipinski definition) is 3. The number of rotatable bonds is 6. The number of para-hydroxylation sites is 2. The van der Waals surface area contributed by atoms with Crippen molar-refractivity contribution in [1.82, 2.24) is 5.32 Å². The first-order chi connectivity index (χ1) is 10.1. The van der Waals surface area contributed by atoms with Gasteiger partial charge in [0.25, 0.3) is 5.91 Å². The van der Waals surface area contributed by atoms with Crippen molar-refractivity contribution < 1.29 is 24.2 Å². The Morgan fingerprint density at radius 2 is 2.29 bits per heavy atom. The highest BCUT2D eigenvalue weighted by Crippen LogP contribution is 2.28. The molecule has 2 unspecified atom stereocenters. The summed E-state index contributed by atoms with van der Waals surface area (Å²) in [5, 5.41) is 14.5. The molecule has 0 aromatic heterocycles. The average molecular weight is 294 g/mol. The van der Waals surface area contributed by atoms with E-state index in [0.717, 1.165) is 5.69 Å². The predicted octanol–water partition coefficient (Wildman–Crippen LogP) is 0.465. The number of hydrogen-bond acceptors (Lipinski definition) is 5. The molecule has 0 bridgehead atoms. The van der Waals surface area contributed by atoms with Gasteiger partial charge in [-0.15, -0.1) is 0 Å². The van der Waals surface area contributed by atoms with Gasteiger partial charge in [0.05, 0.1) is 24.8 Å². The number of anilines is 1. The van der Waals surface area contributed by atoms with Gasteiger partial charge in [0, 0.05) is 13.7 Å². The van der Waals surface area contributed by atoms with Crippen molar-refractivity contribution in [1.29, 1.82) is 0 Å². The summed E-state index contributed by atoms with van der Waals surface area (Å²) in [7, 11) is 1.41. The zero-order valence-electron chi connectivity index (χ0n) is 11.7. The van der Waals surface area contributed by atoms with E-state index in [1.807, 2.05) is 18.2 Å². The van der Waals surface area contributed by atoms with Crippen molar-refractivity contribution in [3.63, 3.8) is 0 Å². The van der Waals surface area contributed by atoms with E-state index in [1.165, 1.54) is 7.11 Å². The van der Waals surface area contributed by atoms with Crippen molar-refractivity contribution >= 4 is 17.6 Å². The minimum atomic E-state index is -0.972. The first kappa shape index (κ1) is 15.1. The van der Waals surface area contributed by atoms with Crippen LogP contribution in [0.1, 0.15) is 6.42 Å². The monoisotopic (exact) mass is 294 g/mol.